The molecule has 0 bridgehead atoms. The molecule has 1 fully saturated rings. The highest BCUT2D eigenvalue weighted by atomic mass is 32.2. The van der Waals surface area contributed by atoms with Crippen molar-refractivity contribution in [1.82, 2.24) is 18.7 Å². The number of pyridine rings is 1. The molecule has 32 heavy (non-hydrogen) atoms. The van der Waals surface area contributed by atoms with Crippen molar-refractivity contribution in [3.8, 4) is 0 Å². The normalized spacial score (nSPS) is 15.7. The largest absolute Gasteiger partial charge is 0.340 e. The summed E-state index contributed by atoms with van der Waals surface area (Å²) in [4.78, 5) is 29.4. The molecule has 1 amide bonds. The number of carbonyl (C=O) groups is 1. The van der Waals surface area contributed by atoms with Gasteiger partial charge in [0, 0.05) is 58.1 Å². The number of hydrogen-bond acceptors (Lipinski definition) is 5. The van der Waals surface area contributed by atoms with Gasteiger partial charge in [-0.15, -0.1) is 0 Å². The van der Waals surface area contributed by atoms with Gasteiger partial charge in [-0.3, -0.25) is 14.5 Å². The van der Waals surface area contributed by atoms with Crippen molar-refractivity contribution >= 4 is 15.9 Å². The summed E-state index contributed by atoms with van der Waals surface area (Å²) in [6.07, 6.45) is 2.14. The molecule has 9 heteroatoms. The van der Waals surface area contributed by atoms with Gasteiger partial charge in [-0.2, -0.15) is 4.31 Å². The molecular formula is C23H32N4O4S. The van der Waals surface area contributed by atoms with Gasteiger partial charge in [0.1, 0.15) is 6.54 Å². The Morgan fingerprint density at radius 2 is 1.69 bits per heavy atom. The Hall–Kier alpha value is -2.49. The lowest BCUT2D eigenvalue weighted by Gasteiger charge is -2.23. The summed E-state index contributed by atoms with van der Waals surface area (Å²) in [6, 6.07) is 12.8. The minimum atomic E-state index is -3.70. The fourth-order valence-corrected chi connectivity index (χ4v) is 5.44. The molecule has 0 spiro atoms. The van der Waals surface area contributed by atoms with Crippen molar-refractivity contribution in [2.24, 2.45) is 0 Å². The molecule has 1 aliphatic heterocycles. The average molecular weight is 461 g/mol. The number of rotatable bonds is 8. The van der Waals surface area contributed by atoms with E-state index in [0.717, 1.165) is 26.1 Å². The Morgan fingerprint density at radius 3 is 2.38 bits per heavy atom. The van der Waals surface area contributed by atoms with E-state index in [-0.39, 0.29) is 17.3 Å². The summed E-state index contributed by atoms with van der Waals surface area (Å²) in [5.74, 6) is -0.175. The van der Waals surface area contributed by atoms with Crippen molar-refractivity contribution in [3.63, 3.8) is 0 Å². The van der Waals surface area contributed by atoms with Crippen molar-refractivity contribution in [2.75, 3.05) is 39.3 Å². The van der Waals surface area contributed by atoms with Crippen LogP contribution in [0, 0.1) is 0 Å². The standard InChI is InChI=1S/C23H32N4O4S/c1-3-27(4-2)32(30,31)21-11-12-22(28)26(18-21)19-23(29)25-14-8-13-24(15-16-25)17-20-9-6-5-7-10-20/h5-7,9-12,18H,3-4,8,13-17,19H2,1-2H3. The number of sulfonamides is 1. The topological polar surface area (TPSA) is 82.9 Å². The highest BCUT2D eigenvalue weighted by Crippen LogP contribution is 2.14. The first-order valence-electron chi connectivity index (χ1n) is 11.1. The molecule has 0 aliphatic carbocycles. The lowest BCUT2D eigenvalue weighted by Crippen LogP contribution is -2.39. The predicted octanol–water partition coefficient (Wildman–Crippen LogP) is 1.61. The second-order valence-corrected chi connectivity index (χ2v) is 9.85. The summed E-state index contributed by atoms with van der Waals surface area (Å²) >= 11 is 0. The second kappa shape index (κ2) is 10.9. The molecule has 8 nitrogen and oxygen atoms in total. The van der Waals surface area contributed by atoms with E-state index in [9.17, 15) is 18.0 Å². The van der Waals surface area contributed by atoms with Crippen LogP contribution in [0.5, 0.6) is 0 Å². The molecular weight excluding hydrogens is 428 g/mol. The number of carbonyl (C=O) groups excluding carboxylic acids is 1. The summed E-state index contributed by atoms with van der Waals surface area (Å²) in [6.45, 7) is 7.74. The molecule has 0 atom stereocenters. The summed E-state index contributed by atoms with van der Waals surface area (Å²) in [5, 5.41) is 0. The molecule has 174 valence electrons. The highest BCUT2D eigenvalue weighted by molar-refractivity contribution is 7.89. The van der Waals surface area contributed by atoms with Crippen LogP contribution in [0.15, 0.2) is 58.4 Å². The molecule has 1 aliphatic rings. The van der Waals surface area contributed by atoms with Gasteiger partial charge in [-0.05, 0) is 18.1 Å². The van der Waals surface area contributed by atoms with Crippen molar-refractivity contribution < 1.29 is 13.2 Å². The third-order valence-corrected chi connectivity index (χ3v) is 7.83. The van der Waals surface area contributed by atoms with Crippen LogP contribution in [0.2, 0.25) is 0 Å². The van der Waals surface area contributed by atoms with E-state index in [1.807, 2.05) is 18.2 Å². The first-order chi connectivity index (χ1) is 15.3. The molecule has 0 saturated carbocycles. The summed E-state index contributed by atoms with van der Waals surface area (Å²) < 4.78 is 28.1. The predicted molar refractivity (Wildman–Crippen MR) is 124 cm³/mol. The van der Waals surface area contributed by atoms with E-state index in [1.54, 1.807) is 18.7 Å². The molecule has 2 heterocycles. The fourth-order valence-electron chi connectivity index (χ4n) is 3.96. The van der Waals surface area contributed by atoms with E-state index < -0.39 is 15.6 Å². The van der Waals surface area contributed by atoms with E-state index in [1.165, 1.54) is 32.8 Å². The maximum atomic E-state index is 12.9. The zero-order chi connectivity index (χ0) is 23.1. The van der Waals surface area contributed by atoms with Gasteiger partial charge in [0.15, 0.2) is 0 Å². The molecule has 2 aromatic rings. The monoisotopic (exact) mass is 460 g/mol. The zero-order valence-corrected chi connectivity index (χ0v) is 19.6. The number of aromatic nitrogens is 1. The Kier molecular flexibility index (Phi) is 8.22. The number of amides is 1. The van der Waals surface area contributed by atoms with Gasteiger partial charge in [0.2, 0.25) is 15.9 Å². The number of benzene rings is 1. The molecule has 3 rings (SSSR count). The third-order valence-electron chi connectivity index (χ3n) is 5.80. The van der Waals surface area contributed by atoms with Crippen LogP contribution >= 0.6 is 0 Å². The van der Waals surface area contributed by atoms with Crippen molar-refractivity contribution in [1.29, 1.82) is 0 Å². The Morgan fingerprint density at radius 1 is 0.969 bits per heavy atom. The summed E-state index contributed by atoms with van der Waals surface area (Å²) in [5.41, 5.74) is 0.849. The lowest BCUT2D eigenvalue weighted by atomic mass is 10.2. The molecule has 1 aromatic carbocycles. The lowest BCUT2D eigenvalue weighted by molar-refractivity contribution is -0.131. The quantitative estimate of drug-likeness (QED) is 0.598. The van der Waals surface area contributed by atoms with Crippen LogP contribution in [0.4, 0.5) is 0 Å². The van der Waals surface area contributed by atoms with Crippen LogP contribution in [0.3, 0.4) is 0 Å². The van der Waals surface area contributed by atoms with Gasteiger partial charge in [-0.1, -0.05) is 44.2 Å². The maximum Gasteiger partial charge on any atom is 0.251 e. The average Bonchev–Trinajstić information content (AvgIpc) is 3.02. The SMILES string of the molecule is CCN(CC)S(=O)(=O)c1ccc(=O)n(CC(=O)N2CCCN(Cc3ccccc3)CC2)c1. The van der Waals surface area contributed by atoms with Gasteiger partial charge >= 0.3 is 0 Å². The van der Waals surface area contributed by atoms with Crippen LogP contribution in [-0.4, -0.2) is 72.3 Å². The Balaban J connectivity index is 1.67. The van der Waals surface area contributed by atoms with Gasteiger partial charge in [-0.25, -0.2) is 8.42 Å². The van der Waals surface area contributed by atoms with Crippen molar-refractivity contribution in [2.45, 2.75) is 38.3 Å². The third kappa shape index (κ3) is 5.85. The fraction of sp³-hybridized carbons (Fsp3) is 0.478. The maximum absolute atomic E-state index is 12.9. The Labute approximate surface area is 190 Å². The molecule has 0 unspecified atom stereocenters. The van der Waals surface area contributed by atoms with Gasteiger partial charge < -0.3 is 9.47 Å². The Bertz CT molecular complexity index is 1060. The van der Waals surface area contributed by atoms with E-state index >= 15 is 0 Å². The van der Waals surface area contributed by atoms with E-state index in [0.29, 0.717) is 26.2 Å². The second-order valence-electron chi connectivity index (χ2n) is 7.92. The van der Waals surface area contributed by atoms with E-state index in [2.05, 4.69) is 17.0 Å². The number of nitrogens with zero attached hydrogens (tertiary/aromatic N) is 4. The minimum absolute atomic E-state index is 0.0264. The molecule has 0 N–H and O–H groups in total. The molecule has 1 aromatic heterocycles. The first-order valence-corrected chi connectivity index (χ1v) is 12.5. The molecule has 1 saturated heterocycles. The smallest absolute Gasteiger partial charge is 0.251 e. The van der Waals surface area contributed by atoms with Crippen LogP contribution in [0.25, 0.3) is 0 Å². The van der Waals surface area contributed by atoms with Crippen molar-refractivity contribution in [3.05, 3.63) is 64.6 Å². The van der Waals surface area contributed by atoms with E-state index in [4.69, 9.17) is 0 Å². The van der Waals surface area contributed by atoms with Crippen LogP contribution in [-0.2, 0) is 27.9 Å². The van der Waals surface area contributed by atoms with Gasteiger partial charge in [0.25, 0.3) is 5.56 Å². The van der Waals surface area contributed by atoms with Crippen LogP contribution < -0.4 is 5.56 Å². The minimum Gasteiger partial charge on any atom is -0.340 e. The van der Waals surface area contributed by atoms with Crippen LogP contribution in [0.1, 0.15) is 25.8 Å². The molecule has 0 radical (unpaired) electrons. The summed E-state index contributed by atoms with van der Waals surface area (Å²) in [7, 11) is -3.70. The zero-order valence-electron chi connectivity index (χ0n) is 18.8. The van der Waals surface area contributed by atoms with Gasteiger partial charge in [0.05, 0.1) is 4.90 Å². The highest BCUT2D eigenvalue weighted by Gasteiger charge is 2.24. The number of hydrogen-bond donors (Lipinski definition) is 0. The first kappa shape index (κ1) is 24.2.